The van der Waals surface area contributed by atoms with Crippen LogP contribution >= 0.6 is 7.82 Å². The number of allylic oxidation sites excluding steroid dienone is 5. The van der Waals surface area contributed by atoms with Gasteiger partial charge in [0.1, 0.15) is 6.61 Å². The minimum Gasteiger partial charge on any atom is -0.462 e. The van der Waals surface area contributed by atoms with Crippen molar-refractivity contribution in [1.29, 1.82) is 0 Å². The third kappa shape index (κ3) is 37.9. The van der Waals surface area contributed by atoms with Crippen LogP contribution in [0.3, 0.4) is 0 Å². The maximum Gasteiger partial charge on any atom is 0.472 e. The van der Waals surface area contributed by atoms with Gasteiger partial charge < -0.3 is 24.8 Å². The smallest absolute Gasteiger partial charge is 0.462 e. The Balaban J connectivity index is 2.14. The summed E-state index contributed by atoms with van der Waals surface area (Å²) in [4.78, 5) is 35.0. The molecule has 0 radical (unpaired) electrons. The Hall–Kier alpha value is -1.81. The molecular formula is C49H90NO9P. The lowest BCUT2D eigenvalue weighted by Gasteiger charge is -2.19. The fourth-order valence-corrected chi connectivity index (χ4v) is 7.96. The molecule has 1 aliphatic heterocycles. The second-order valence-corrected chi connectivity index (χ2v) is 18.2. The van der Waals surface area contributed by atoms with E-state index in [1.165, 1.54) is 135 Å². The van der Waals surface area contributed by atoms with Crippen LogP contribution in [-0.4, -0.2) is 61.5 Å². The molecule has 1 aliphatic rings. The van der Waals surface area contributed by atoms with E-state index in [-0.39, 0.29) is 32.6 Å². The van der Waals surface area contributed by atoms with Crippen LogP contribution in [-0.2, 0) is 37.4 Å². The highest BCUT2D eigenvalue weighted by Crippen LogP contribution is 2.43. The van der Waals surface area contributed by atoms with Crippen molar-refractivity contribution in [2.45, 2.75) is 238 Å². The zero-order valence-electron chi connectivity index (χ0n) is 38.4. The molecule has 0 aliphatic carbocycles. The molecule has 350 valence electrons. The monoisotopic (exact) mass is 868 g/mol. The predicted molar refractivity (Wildman–Crippen MR) is 247 cm³/mol. The number of ether oxygens (including phenoxy) is 3. The lowest BCUT2D eigenvalue weighted by atomic mass is 10.0. The zero-order valence-corrected chi connectivity index (χ0v) is 39.3. The molecule has 0 aromatic rings. The number of hydrogen-bond acceptors (Lipinski definition) is 9. The molecule has 4 atom stereocenters. The molecule has 0 amide bonds. The first-order chi connectivity index (χ1) is 29.3. The summed E-state index contributed by atoms with van der Waals surface area (Å²) in [5.74, 6) is -0.890. The van der Waals surface area contributed by atoms with E-state index in [2.05, 4.69) is 50.3 Å². The Labute approximate surface area is 367 Å². The summed E-state index contributed by atoms with van der Waals surface area (Å²) in [5, 5.41) is 0. The third-order valence-corrected chi connectivity index (χ3v) is 11.9. The molecule has 0 bridgehead atoms. The fraction of sp³-hybridized carbons (Fsp3) is 0.837. The summed E-state index contributed by atoms with van der Waals surface area (Å²) in [7, 11) is -4.39. The van der Waals surface area contributed by atoms with Gasteiger partial charge in [0, 0.05) is 19.4 Å². The number of epoxide rings is 1. The van der Waals surface area contributed by atoms with Gasteiger partial charge in [-0.25, -0.2) is 4.57 Å². The van der Waals surface area contributed by atoms with Gasteiger partial charge in [0.25, 0.3) is 0 Å². The Bertz CT molecular complexity index is 1150. The minimum atomic E-state index is -4.39. The molecule has 3 unspecified atom stereocenters. The van der Waals surface area contributed by atoms with Crippen LogP contribution in [0.1, 0.15) is 219 Å². The average Bonchev–Trinajstić information content (AvgIpc) is 3.99. The van der Waals surface area contributed by atoms with Crippen LogP contribution in [0.4, 0.5) is 0 Å². The molecule has 60 heavy (non-hydrogen) atoms. The molecule has 1 saturated heterocycles. The van der Waals surface area contributed by atoms with Crippen LogP contribution in [0.25, 0.3) is 0 Å². The standard InChI is InChI=1S/C49H90NO9P/c1-3-5-7-8-9-10-11-12-13-14-15-16-17-18-19-20-21-26-29-32-36-40-49(52)58-45(44-57-60(53,54)56-42-41-50)43-55-48(51)39-35-31-28-25-23-22-24-27-30-34-38-47-46(59-47)37-33-6-4-2/h22,24-25,28,30,34,45-47H,3-21,23,26-27,29,31-33,35-44,50H2,1-2H3,(H,53,54)/b24-22-,28-25-,34-30-/t45-,46?,47?/m1/s1. The topological polar surface area (TPSA) is 147 Å². The molecule has 10 nitrogen and oxygen atoms in total. The van der Waals surface area contributed by atoms with Gasteiger partial charge in [-0.2, -0.15) is 0 Å². The van der Waals surface area contributed by atoms with Crippen molar-refractivity contribution < 1.29 is 42.3 Å². The van der Waals surface area contributed by atoms with Gasteiger partial charge in [-0.3, -0.25) is 18.6 Å². The number of esters is 2. The van der Waals surface area contributed by atoms with Gasteiger partial charge in [-0.05, 0) is 44.9 Å². The first-order valence-corrected chi connectivity index (χ1v) is 26.1. The van der Waals surface area contributed by atoms with Crippen LogP contribution in [0.5, 0.6) is 0 Å². The summed E-state index contributed by atoms with van der Waals surface area (Å²) in [5.41, 5.74) is 5.36. The number of carbonyl (C=O) groups excluding carboxylic acids is 2. The summed E-state index contributed by atoms with van der Waals surface area (Å²) in [6, 6.07) is 0. The van der Waals surface area contributed by atoms with Crippen molar-refractivity contribution in [1.82, 2.24) is 0 Å². The van der Waals surface area contributed by atoms with Crippen molar-refractivity contribution in [2.75, 3.05) is 26.4 Å². The highest BCUT2D eigenvalue weighted by Gasteiger charge is 2.36. The lowest BCUT2D eigenvalue weighted by Crippen LogP contribution is -2.29. The number of phosphoric acid groups is 1. The van der Waals surface area contributed by atoms with Gasteiger partial charge in [0.05, 0.1) is 25.4 Å². The summed E-state index contributed by atoms with van der Waals surface area (Å²) in [6.07, 6.45) is 49.4. The van der Waals surface area contributed by atoms with E-state index in [1.807, 2.05) is 0 Å². The molecule has 1 rings (SSSR count). The van der Waals surface area contributed by atoms with Crippen LogP contribution in [0.2, 0.25) is 0 Å². The normalized spacial score (nSPS) is 16.9. The lowest BCUT2D eigenvalue weighted by molar-refractivity contribution is -0.161. The van der Waals surface area contributed by atoms with Crippen LogP contribution < -0.4 is 5.73 Å². The first-order valence-electron chi connectivity index (χ1n) is 24.6. The zero-order chi connectivity index (χ0) is 43.6. The number of hydrogen-bond donors (Lipinski definition) is 2. The highest BCUT2D eigenvalue weighted by atomic mass is 31.2. The maximum absolute atomic E-state index is 12.6. The molecule has 11 heteroatoms. The minimum absolute atomic E-state index is 0.0451. The van der Waals surface area contributed by atoms with Gasteiger partial charge in [-0.15, -0.1) is 0 Å². The molecule has 0 aromatic carbocycles. The predicted octanol–water partition coefficient (Wildman–Crippen LogP) is 13.5. The first kappa shape index (κ1) is 56.2. The van der Waals surface area contributed by atoms with Crippen LogP contribution in [0.15, 0.2) is 36.5 Å². The van der Waals surface area contributed by atoms with Gasteiger partial charge in [0.2, 0.25) is 0 Å². The molecular weight excluding hydrogens is 778 g/mol. The van der Waals surface area contributed by atoms with E-state index in [9.17, 15) is 19.0 Å². The largest absolute Gasteiger partial charge is 0.472 e. The second-order valence-electron chi connectivity index (χ2n) is 16.7. The van der Waals surface area contributed by atoms with E-state index < -0.39 is 32.5 Å². The Morgan fingerprint density at radius 2 is 1.08 bits per heavy atom. The number of rotatable bonds is 45. The van der Waals surface area contributed by atoms with Crippen LogP contribution in [0, 0.1) is 0 Å². The fourth-order valence-electron chi connectivity index (χ4n) is 7.19. The van der Waals surface area contributed by atoms with Gasteiger partial charge in [-0.1, -0.05) is 198 Å². The Morgan fingerprint density at radius 3 is 1.63 bits per heavy atom. The van der Waals surface area contributed by atoms with Gasteiger partial charge in [0.15, 0.2) is 6.10 Å². The molecule has 0 aromatic heterocycles. The van der Waals surface area contributed by atoms with E-state index in [0.29, 0.717) is 25.0 Å². The number of unbranched alkanes of at least 4 members (excludes halogenated alkanes) is 23. The van der Waals surface area contributed by atoms with Crippen molar-refractivity contribution in [2.24, 2.45) is 5.73 Å². The summed E-state index contributed by atoms with van der Waals surface area (Å²) >= 11 is 0. The number of phosphoric ester groups is 1. The SMILES string of the molecule is CCCCCCCCCCCCCCCCCCCCCCCC(=O)O[C@H](COC(=O)CCC/C=C\C/C=C\C/C=C\CC1OC1CCCCC)COP(=O)(O)OCCN. The molecule has 1 fully saturated rings. The number of nitrogens with two attached hydrogens (primary N) is 1. The van der Waals surface area contributed by atoms with Crippen molar-refractivity contribution in [3.8, 4) is 0 Å². The van der Waals surface area contributed by atoms with E-state index in [4.69, 9.17) is 29.0 Å². The second kappa shape index (κ2) is 41.2. The number of carbonyl (C=O) groups is 2. The quantitative estimate of drug-likeness (QED) is 0.0199. The summed E-state index contributed by atoms with van der Waals surface area (Å²) < 4.78 is 38.6. The van der Waals surface area contributed by atoms with Gasteiger partial charge >= 0.3 is 19.8 Å². The Morgan fingerprint density at radius 1 is 0.600 bits per heavy atom. The maximum atomic E-state index is 12.6. The molecule has 3 N–H and O–H groups in total. The van der Waals surface area contributed by atoms with Crippen molar-refractivity contribution in [3.63, 3.8) is 0 Å². The summed E-state index contributed by atoms with van der Waals surface area (Å²) in [6.45, 7) is 3.66. The van der Waals surface area contributed by atoms with E-state index in [0.717, 1.165) is 44.9 Å². The molecule has 0 saturated carbocycles. The highest BCUT2D eigenvalue weighted by molar-refractivity contribution is 7.47. The van der Waals surface area contributed by atoms with E-state index in [1.54, 1.807) is 0 Å². The van der Waals surface area contributed by atoms with Crippen molar-refractivity contribution >= 4 is 19.8 Å². The molecule has 0 spiro atoms. The molecule has 1 heterocycles. The van der Waals surface area contributed by atoms with E-state index >= 15 is 0 Å². The average molecular weight is 868 g/mol. The van der Waals surface area contributed by atoms with Crippen molar-refractivity contribution in [3.05, 3.63) is 36.5 Å². The third-order valence-electron chi connectivity index (χ3n) is 11.0. The Kier molecular flexibility index (Phi) is 38.6.